The van der Waals surface area contributed by atoms with Crippen LogP contribution in [0.4, 0.5) is 0 Å². The summed E-state index contributed by atoms with van der Waals surface area (Å²) in [6.45, 7) is 1.52. The van der Waals surface area contributed by atoms with Crippen LogP contribution >= 0.6 is 12.8 Å². The molecule has 1 aromatic heterocycles. The molecule has 0 aromatic carbocycles. The number of carbonyl (C=O) groups is 1. The average Bonchev–Trinajstić information content (AvgIpc) is 2.13. The molecule has 2 nitrogen and oxygen atoms in total. The third-order valence-electron chi connectivity index (χ3n) is 1.09. The Bertz CT molecular complexity index is 229. The van der Waals surface area contributed by atoms with E-state index in [4.69, 9.17) is 0 Å². The molecule has 0 spiro atoms. The molecule has 1 rings (SSSR count). The van der Waals surface area contributed by atoms with E-state index in [2.05, 4.69) is 12.8 Å². The molecule has 1 aromatic rings. The van der Waals surface area contributed by atoms with E-state index in [1.165, 1.54) is 10.9 Å². The molecule has 0 atom stereocenters. The lowest BCUT2D eigenvalue weighted by Gasteiger charge is -1.92. The van der Waals surface area contributed by atoms with Crippen molar-refractivity contribution in [2.24, 2.45) is 0 Å². The number of Topliss-reactive ketones (excluding diaryl/α,β-unsaturated/α-hetero) is 1. The molecule has 0 aliphatic carbocycles. The smallest absolute Gasteiger partial charge is 0.177 e. The summed E-state index contributed by atoms with van der Waals surface area (Å²) in [5.74, 6) is 0.0370. The Kier molecular flexibility index (Phi) is 1.62. The van der Waals surface area contributed by atoms with Gasteiger partial charge >= 0.3 is 0 Å². The summed E-state index contributed by atoms with van der Waals surface area (Å²) in [5.41, 5.74) is 0.623. The van der Waals surface area contributed by atoms with Crippen molar-refractivity contribution in [3.8, 4) is 0 Å². The third-order valence-corrected chi connectivity index (χ3v) is 1.44. The molecular weight excluding hydrogens is 134 g/mol. The van der Waals surface area contributed by atoms with Crippen LogP contribution in [0.5, 0.6) is 0 Å². The number of hydrogen-bond donors (Lipinski definition) is 1. The van der Waals surface area contributed by atoms with Gasteiger partial charge in [-0.2, -0.15) is 0 Å². The van der Waals surface area contributed by atoms with Gasteiger partial charge in [-0.25, -0.2) is 0 Å². The van der Waals surface area contributed by atoms with Gasteiger partial charge in [0.1, 0.15) is 0 Å². The van der Waals surface area contributed by atoms with E-state index in [9.17, 15) is 4.79 Å². The first kappa shape index (κ1) is 6.42. The van der Waals surface area contributed by atoms with Crippen LogP contribution < -0.4 is 0 Å². The topological polar surface area (TPSA) is 22.0 Å². The van der Waals surface area contributed by atoms with Crippen molar-refractivity contribution in [1.29, 1.82) is 0 Å². The van der Waals surface area contributed by atoms with Crippen molar-refractivity contribution in [3.05, 3.63) is 24.0 Å². The Labute approximate surface area is 59.0 Å². The Morgan fingerprint density at radius 3 is 2.67 bits per heavy atom. The highest BCUT2D eigenvalue weighted by molar-refractivity contribution is 7.78. The first-order valence-corrected chi connectivity index (χ1v) is 2.99. The number of carbonyl (C=O) groups excluding carboxylic acids is 1. The molecule has 0 fully saturated rings. The number of hydrogen-bond acceptors (Lipinski definition) is 2. The molecule has 3 heteroatoms. The van der Waals surface area contributed by atoms with E-state index in [0.717, 1.165) is 0 Å². The van der Waals surface area contributed by atoms with Gasteiger partial charge in [-0.3, -0.25) is 8.77 Å². The van der Waals surface area contributed by atoms with E-state index < -0.39 is 0 Å². The Morgan fingerprint density at radius 1 is 1.78 bits per heavy atom. The normalized spacial score (nSPS) is 9.56. The number of nitrogens with zero attached hydrogens (tertiary/aromatic N) is 1. The van der Waals surface area contributed by atoms with Crippen LogP contribution in [0.15, 0.2) is 18.3 Å². The minimum absolute atomic E-state index is 0.0370. The standard InChI is InChI=1S/C6H7NOS/c1-5(8)6-3-2-4-7(6)9/h2-4,9H,1H3. The van der Waals surface area contributed by atoms with Crippen LogP contribution in [0.1, 0.15) is 17.4 Å². The van der Waals surface area contributed by atoms with Crippen LogP contribution in [0.25, 0.3) is 0 Å². The van der Waals surface area contributed by atoms with Crippen LogP contribution in [-0.2, 0) is 0 Å². The van der Waals surface area contributed by atoms with Gasteiger partial charge in [-0.15, -0.1) is 0 Å². The van der Waals surface area contributed by atoms with E-state index in [1.807, 2.05) is 0 Å². The molecular formula is C6H7NOS. The molecule has 0 N–H and O–H groups in total. The molecule has 0 saturated carbocycles. The van der Waals surface area contributed by atoms with Crippen molar-refractivity contribution >= 4 is 18.6 Å². The number of aromatic nitrogens is 1. The average molecular weight is 141 g/mol. The number of rotatable bonds is 1. The van der Waals surface area contributed by atoms with Gasteiger partial charge in [0.05, 0.1) is 5.69 Å². The molecule has 0 aliphatic rings. The summed E-state index contributed by atoms with van der Waals surface area (Å²) in [6.07, 6.45) is 1.72. The van der Waals surface area contributed by atoms with E-state index in [-0.39, 0.29) is 5.78 Å². The van der Waals surface area contributed by atoms with E-state index in [1.54, 1.807) is 18.3 Å². The fourth-order valence-electron chi connectivity index (χ4n) is 0.651. The zero-order valence-corrected chi connectivity index (χ0v) is 5.93. The Balaban J connectivity index is 3.08. The van der Waals surface area contributed by atoms with Crippen molar-refractivity contribution in [2.75, 3.05) is 0 Å². The van der Waals surface area contributed by atoms with Gasteiger partial charge in [-0.1, -0.05) is 12.8 Å². The van der Waals surface area contributed by atoms with Gasteiger partial charge in [0.25, 0.3) is 0 Å². The highest BCUT2D eigenvalue weighted by Gasteiger charge is 2.00. The van der Waals surface area contributed by atoms with Crippen molar-refractivity contribution in [2.45, 2.75) is 6.92 Å². The van der Waals surface area contributed by atoms with Crippen LogP contribution in [-0.4, -0.2) is 9.76 Å². The summed E-state index contributed by atoms with van der Waals surface area (Å²) in [4.78, 5) is 10.7. The lowest BCUT2D eigenvalue weighted by molar-refractivity contribution is 0.101. The maximum atomic E-state index is 10.7. The summed E-state index contributed by atoms with van der Waals surface area (Å²) in [7, 11) is 0. The summed E-state index contributed by atoms with van der Waals surface area (Å²) in [6, 6.07) is 3.51. The Hall–Kier alpha value is -0.700. The zero-order chi connectivity index (χ0) is 6.85. The second-order valence-electron chi connectivity index (χ2n) is 1.79. The molecule has 0 aliphatic heterocycles. The third kappa shape index (κ3) is 1.16. The minimum Gasteiger partial charge on any atom is -0.293 e. The minimum atomic E-state index is 0.0370. The van der Waals surface area contributed by atoms with Crippen LogP contribution in [0.2, 0.25) is 0 Å². The maximum absolute atomic E-state index is 10.7. The highest BCUT2D eigenvalue weighted by Crippen LogP contribution is 2.03. The highest BCUT2D eigenvalue weighted by atomic mass is 32.1. The largest absolute Gasteiger partial charge is 0.293 e. The molecule has 0 unspecified atom stereocenters. The van der Waals surface area contributed by atoms with E-state index in [0.29, 0.717) is 5.69 Å². The molecule has 0 amide bonds. The fourth-order valence-corrected chi connectivity index (χ4v) is 0.936. The predicted octanol–water partition coefficient (Wildman–Crippen LogP) is 1.38. The second kappa shape index (κ2) is 2.27. The van der Waals surface area contributed by atoms with Gasteiger partial charge in [-0.05, 0) is 12.1 Å². The predicted molar refractivity (Wildman–Crippen MR) is 38.8 cm³/mol. The lowest BCUT2D eigenvalue weighted by Crippen LogP contribution is -1.95. The first-order valence-electron chi connectivity index (χ1n) is 2.59. The molecule has 0 bridgehead atoms. The van der Waals surface area contributed by atoms with Crippen molar-refractivity contribution in [3.63, 3.8) is 0 Å². The van der Waals surface area contributed by atoms with Gasteiger partial charge in [0, 0.05) is 13.1 Å². The monoisotopic (exact) mass is 141 g/mol. The fraction of sp³-hybridized carbons (Fsp3) is 0.167. The molecule has 0 radical (unpaired) electrons. The Morgan fingerprint density at radius 2 is 2.44 bits per heavy atom. The maximum Gasteiger partial charge on any atom is 0.177 e. The van der Waals surface area contributed by atoms with Crippen molar-refractivity contribution < 1.29 is 4.79 Å². The van der Waals surface area contributed by atoms with Crippen molar-refractivity contribution in [1.82, 2.24) is 3.97 Å². The van der Waals surface area contributed by atoms with Gasteiger partial charge in [0.15, 0.2) is 5.78 Å². The number of ketones is 1. The van der Waals surface area contributed by atoms with Gasteiger partial charge < -0.3 is 0 Å². The summed E-state index contributed by atoms with van der Waals surface area (Å²) < 4.78 is 1.50. The molecule has 9 heavy (non-hydrogen) atoms. The molecule has 0 saturated heterocycles. The van der Waals surface area contributed by atoms with E-state index >= 15 is 0 Å². The summed E-state index contributed by atoms with van der Waals surface area (Å²) in [5, 5.41) is 0. The van der Waals surface area contributed by atoms with Gasteiger partial charge in [0.2, 0.25) is 0 Å². The SMILES string of the molecule is CC(=O)c1cccn1S. The lowest BCUT2D eigenvalue weighted by atomic mass is 10.3. The molecule has 1 heterocycles. The number of thiol groups is 1. The summed E-state index contributed by atoms with van der Waals surface area (Å²) >= 11 is 3.98. The zero-order valence-electron chi connectivity index (χ0n) is 5.03. The van der Waals surface area contributed by atoms with Crippen LogP contribution in [0.3, 0.4) is 0 Å². The first-order chi connectivity index (χ1) is 4.22. The molecule has 48 valence electrons. The quantitative estimate of drug-likeness (QED) is 0.463. The van der Waals surface area contributed by atoms with Crippen LogP contribution in [0, 0.1) is 0 Å². The second-order valence-corrected chi connectivity index (χ2v) is 2.23.